The maximum absolute atomic E-state index is 12.8. The smallest absolute Gasteiger partial charge is 0.393 e. The number of Topliss-reactive ketones (excluding diaryl/α,β-unsaturated/α-hetero) is 1. The van der Waals surface area contributed by atoms with Gasteiger partial charge in [-0.25, -0.2) is 0 Å². The van der Waals surface area contributed by atoms with Gasteiger partial charge < -0.3 is 10.6 Å². The van der Waals surface area contributed by atoms with E-state index in [4.69, 9.17) is 5.73 Å². The van der Waals surface area contributed by atoms with Crippen LogP contribution in [0.5, 0.6) is 0 Å². The molecule has 1 heterocycles. The van der Waals surface area contributed by atoms with Crippen LogP contribution >= 0.6 is 0 Å². The molecule has 1 aromatic rings. The fraction of sp³-hybridized carbons (Fsp3) is 0.500. The van der Waals surface area contributed by atoms with Crippen LogP contribution in [0.1, 0.15) is 30.1 Å². The predicted molar refractivity (Wildman–Crippen MR) is 71.9 cm³/mol. The molecule has 1 aliphatic rings. The molecule has 1 fully saturated rings. The number of nitrogens with zero attached hydrogens (tertiary/aromatic N) is 1. The highest BCUT2D eigenvalue weighted by molar-refractivity contribution is 5.99. The number of rotatable bonds is 2. The zero-order valence-electron chi connectivity index (χ0n) is 11.2. The zero-order valence-corrected chi connectivity index (χ0v) is 11.2. The lowest BCUT2D eigenvalue weighted by atomic mass is 9.96. The molecule has 20 heavy (non-hydrogen) atoms. The van der Waals surface area contributed by atoms with Crippen molar-refractivity contribution in [1.29, 1.82) is 0 Å². The summed E-state index contributed by atoms with van der Waals surface area (Å²) in [5.74, 6) is -1.45. The Morgan fingerprint density at radius 2 is 2.10 bits per heavy atom. The summed E-state index contributed by atoms with van der Waals surface area (Å²) in [6, 6.07) is 4.81. The Bertz CT molecular complexity index is 514. The summed E-state index contributed by atoms with van der Waals surface area (Å²) in [5, 5.41) is 0. The van der Waals surface area contributed by atoms with Gasteiger partial charge in [0.1, 0.15) is 0 Å². The Kier molecular flexibility index (Phi) is 3.92. The van der Waals surface area contributed by atoms with Crippen molar-refractivity contribution in [1.82, 2.24) is 0 Å². The molecule has 3 nitrogen and oxygen atoms in total. The van der Waals surface area contributed by atoms with Crippen LogP contribution in [0.4, 0.5) is 24.5 Å². The third kappa shape index (κ3) is 3.05. The fourth-order valence-electron chi connectivity index (χ4n) is 2.55. The average Bonchev–Trinajstić information content (AvgIpc) is 2.37. The molecule has 6 heteroatoms. The second-order valence-electron chi connectivity index (χ2n) is 5.15. The first-order chi connectivity index (χ1) is 9.29. The van der Waals surface area contributed by atoms with Gasteiger partial charge in [0.2, 0.25) is 0 Å². The van der Waals surface area contributed by atoms with Crippen LogP contribution in [0.15, 0.2) is 18.2 Å². The molecular formula is C14H17F3N2O. The number of hydrogen-bond acceptors (Lipinski definition) is 3. The summed E-state index contributed by atoms with van der Waals surface area (Å²) in [6.45, 7) is 1.93. The van der Waals surface area contributed by atoms with Crippen molar-refractivity contribution in [3.8, 4) is 0 Å². The molecule has 0 radical (unpaired) electrons. The zero-order chi connectivity index (χ0) is 14.9. The second-order valence-corrected chi connectivity index (χ2v) is 5.15. The first-order valence-corrected chi connectivity index (χ1v) is 6.51. The first kappa shape index (κ1) is 14.7. The highest BCUT2D eigenvalue weighted by Gasteiger charge is 2.41. The molecule has 0 aromatic heterocycles. The number of benzene rings is 1. The Balaban J connectivity index is 2.19. The lowest BCUT2D eigenvalue weighted by molar-refractivity contribution is -0.175. The SMILES string of the molecule is CC(=O)c1ccc(N2CCCC(C(F)(F)F)C2)cc1N. The molecule has 1 saturated heterocycles. The van der Waals surface area contributed by atoms with Gasteiger partial charge in [-0.3, -0.25) is 4.79 Å². The Morgan fingerprint density at radius 1 is 1.40 bits per heavy atom. The standard InChI is InChI=1S/C14H17F3N2O/c1-9(20)12-5-4-11(7-13(12)18)19-6-2-3-10(8-19)14(15,16)17/h4-5,7,10H,2-3,6,8,18H2,1H3. The van der Waals surface area contributed by atoms with Crippen molar-refractivity contribution in [2.24, 2.45) is 5.92 Å². The topological polar surface area (TPSA) is 46.3 Å². The molecule has 0 spiro atoms. The van der Waals surface area contributed by atoms with Gasteiger partial charge in [0.25, 0.3) is 0 Å². The number of piperidine rings is 1. The van der Waals surface area contributed by atoms with E-state index >= 15 is 0 Å². The normalized spacial score (nSPS) is 20.0. The van der Waals surface area contributed by atoms with Crippen LogP contribution in [0, 0.1) is 5.92 Å². The van der Waals surface area contributed by atoms with Crippen LogP contribution in [0.25, 0.3) is 0 Å². The lowest BCUT2D eigenvalue weighted by Gasteiger charge is -2.35. The molecular weight excluding hydrogens is 269 g/mol. The Morgan fingerprint density at radius 3 is 2.65 bits per heavy atom. The maximum Gasteiger partial charge on any atom is 0.393 e. The summed E-state index contributed by atoms with van der Waals surface area (Å²) in [7, 11) is 0. The number of ketones is 1. The number of nitrogen functional groups attached to an aromatic ring is 1. The van der Waals surface area contributed by atoms with E-state index in [9.17, 15) is 18.0 Å². The number of carbonyl (C=O) groups excluding carboxylic acids is 1. The van der Waals surface area contributed by atoms with E-state index in [-0.39, 0.29) is 18.7 Å². The molecule has 0 bridgehead atoms. The largest absolute Gasteiger partial charge is 0.398 e. The highest BCUT2D eigenvalue weighted by atomic mass is 19.4. The first-order valence-electron chi connectivity index (χ1n) is 6.51. The third-order valence-corrected chi connectivity index (χ3v) is 3.66. The molecule has 2 N–H and O–H groups in total. The number of carbonyl (C=O) groups is 1. The summed E-state index contributed by atoms with van der Waals surface area (Å²) in [4.78, 5) is 13.0. The summed E-state index contributed by atoms with van der Waals surface area (Å²) in [6.07, 6.45) is -3.50. The number of nitrogens with two attached hydrogens (primary N) is 1. The van der Waals surface area contributed by atoms with Gasteiger partial charge in [-0.15, -0.1) is 0 Å². The van der Waals surface area contributed by atoms with E-state index in [1.807, 2.05) is 0 Å². The highest BCUT2D eigenvalue weighted by Crippen LogP contribution is 2.35. The van der Waals surface area contributed by atoms with E-state index in [0.29, 0.717) is 29.9 Å². The molecule has 1 atom stereocenters. The van der Waals surface area contributed by atoms with Gasteiger partial charge in [-0.1, -0.05) is 0 Å². The minimum absolute atomic E-state index is 0.0532. The van der Waals surface area contributed by atoms with Crippen molar-refractivity contribution in [2.45, 2.75) is 25.9 Å². The number of hydrogen-bond donors (Lipinski definition) is 1. The molecule has 1 unspecified atom stereocenters. The van der Waals surface area contributed by atoms with Crippen LogP contribution < -0.4 is 10.6 Å². The summed E-state index contributed by atoms with van der Waals surface area (Å²) < 4.78 is 38.4. The van der Waals surface area contributed by atoms with Crippen LogP contribution in [0.2, 0.25) is 0 Å². The van der Waals surface area contributed by atoms with Crippen molar-refractivity contribution >= 4 is 17.2 Å². The molecule has 110 valence electrons. The van der Waals surface area contributed by atoms with Gasteiger partial charge in [-0.05, 0) is 38.0 Å². The fourth-order valence-corrected chi connectivity index (χ4v) is 2.55. The average molecular weight is 286 g/mol. The van der Waals surface area contributed by atoms with Gasteiger partial charge in [0.15, 0.2) is 5.78 Å². The van der Waals surface area contributed by atoms with Gasteiger partial charge in [0, 0.05) is 30.0 Å². The summed E-state index contributed by atoms with van der Waals surface area (Å²) >= 11 is 0. The second kappa shape index (κ2) is 5.34. The maximum atomic E-state index is 12.8. The van der Waals surface area contributed by atoms with Crippen molar-refractivity contribution in [3.05, 3.63) is 23.8 Å². The Hall–Kier alpha value is -1.72. The number of anilines is 2. The quantitative estimate of drug-likeness (QED) is 0.670. The minimum atomic E-state index is -4.16. The van der Waals surface area contributed by atoms with Gasteiger partial charge in [0.05, 0.1) is 5.92 Å². The van der Waals surface area contributed by atoms with Crippen molar-refractivity contribution < 1.29 is 18.0 Å². The van der Waals surface area contributed by atoms with Crippen molar-refractivity contribution in [2.75, 3.05) is 23.7 Å². The van der Waals surface area contributed by atoms with Gasteiger partial charge >= 0.3 is 6.18 Å². The molecule has 0 saturated carbocycles. The van der Waals surface area contributed by atoms with Crippen LogP contribution in [0.3, 0.4) is 0 Å². The van der Waals surface area contributed by atoms with E-state index in [1.165, 1.54) is 6.92 Å². The van der Waals surface area contributed by atoms with E-state index in [1.54, 1.807) is 23.1 Å². The van der Waals surface area contributed by atoms with Crippen LogP contribution in [-0.2, 0) is 0 Å². The summed E-state index contributed by atoms with van der Waals surface area (Å²) in [5.41, 5.74) is 7.13. The molecule has 0 amide bonds. The van der Waals surface area contributed by atoms with Crippen LogP contribution in [-0.4, -0.2) is 25.0 Å². The van der Waals surface area contributed by atoms with Crippen molar-refractivity contribution in [3.63, 3.8) is 0 Å². The minimum Gasteiger partial charge on any atom is -0.398 e. The number of alkyl halides is 3. The molecule has 1 aromatic carbocycles. The van der Waals surface area contributed by atoms with E-state index in [0.717, 1.165) is 0 Å². The number of halogens is 3. The van der Waals surface area contributed by atoms with Gasteiger partial charge in [-0.2, -0.15) is 13.2 Å². The lowest BCUT2D eigenvalue weighted by Crippen LogP contribution is -2.41. The molecule has 2 rings (SSSR count). The molecule has 1 aliphatic heterocycles. The van der Waals surface area contributed by atoms with E-state index in [2.05, 4.69) is 0 Å². The predicted octanol–water partition coefficient (Wildman–Crippen LogP) is 3.25. The monoisotopic (exact) mass is 286 g/mol. The van der Waals surface area contributed by atoms with E-state index < -0.39 is 12.1 Å². The third-order valence-electron chi connectivity index (χ3n) is 3.66. The molecule has 0 aliphatic carbocycles. The Labute approximate surface area is 115 Å².